The van der Waals surface area contributed by atoms with Gasteiger partial charge in [-0.15, -0.1) is 0 Å². The zero-order chi connectivity index (χ0) is 22.6. The van der Waals surface area contributed by atoms with Gasteiger partial charge in [-0.1, -0.05) is 43.7 Å². The Kier molecular flexibility index (Phi) is 7.01. The lowest BCUT2D eigenvalue weighted by Crippen LogP contribution is -2.43. The van der Waals surface area contributed by atoms with E-state index in [1.54, 1.807) is 12.1 Å². The van der Waals surface area contributed by atoms with E-state index >= 15 is 0 Å². The minimum absolute atomic E-state index is 0.00341. The second-order valence-corrected chi connectivity index (χ2v) is 10.2. The molecular weight excluding hydrogens is 428 g/mol. The summed E-state index contributed by atoms with van der Waals surface area (Å²) >= 11 is 0. The van der Waals surface area contributed by atoms with Crippen LogP contribution in [0.15, 0.2) is 53.4 Å². The van der Waals surface area contributed by atoms with Crippen LogP contribution in [0.5, 0.6) is 11.5 Å². The number of ether oxygens (including phenoxy) is 2. The third kappa shape index (κ3) is 4.91. The Morgan fingerprint density at radius 1 is 1.06 bits per heavy atom. The van der Waals surface area contributed by atoms with Crippen LogP contribution in [0.25, 0.3) is 0 Å². The van der Waals surface area contributed by atoms with Crippen molar-refractivity contribution in [1.29, 1.82) is 0 Å². The molecule has 4 rings (SSSR count). The topological polar surface area (TPSA) is 84.9 Å². The van der Waals surface area contributed by atoms with Crippen molar-refractivity contribution >= 4 is 15.9 Å². The van der Waals surface area contributed by atoms with Crippen LogP contribution in [0.1, 0.15) is 44.2 Å². The number of benzene rings is 2. The molecule has 1 fully saturated rings. The maximum absolute atomic E-state index is 13.1. The molecule has 32 heavy (non-hydrogen) atoms. The Morgan fingerprint density at radius 2 is 1.75 bits per heavy atom. The highest BCUT2D eigenvalue weighted by Gasteiger charge is 2.33. The van der Waals surface area contributed by atoms with Gasteiger partial charge in [-0.05, 0) is 37.0 Å². The summed E-state index contributed by atoms with van der Waals surface area (Å²) in [6, 6.07) is 14.7. The van der Waals surface area contributed by atoms with Crippen LogP contribution >= 0.6 is 0 Å². The molecule has 1 saturated heterocycles. The van der Waals surface area contributed by atoms with E-state index < -0.39 is 10.0 Å². The van der Waals surface area contributed by atoms with Crippen LogP contribution in [0, 0.1) is 5.92 Å². The summed E-state index contributed by atoms with van der Waals surface area (Å²) in [5.74, 6) is 0.827. The van der Waals surface area contributed by atoms with Gasteiger partial charge >= 0.3 is 0 Å². The average molecular weight is 459 g/mol. The standard InChI is InChI=1S/C24H30N2O5S/c1-2-6-21(18-7-4-3-5-8-18)25-24(27)19-11-13-26(14-12-19)32(28,29)20-9-10-22-23(17-20)31-16-15-30-22/h3-5,7-10,17,19,21H,2,6,11-16H2,1H3,(H,25,27)/t21-/m1/s1. The van der Waals surface area contributed by atoms with E-state index in [2.05, 4.69) is 12.2 Å². The molecule has 0 aliphatic carbocycles. The fraction of sp³-hybridized carbons (Fsp3) is 0.458. The molecule has 1 amide bonds. The van der Waals surface area contributed by atoms with Gasteiger partial charge < -0.3 is 14.8 Å². The van der Waals surface area contributed by atoms with Crippen molar-refractivity contribution in [3.63, 3.8) is 0 Å². The minimum atomic E-state index is -3.65. The largest absolute Gasteiger partial charge is 0.486 e. The fourth-order valence-corrected chi connectivity index (χ4v) is 5.76. The lowest BCUT2D eigenvalue weighted by molar-refractivity contribution is -0.127. The summed E-state index contributed by atoms with van der Waals surface area (Å²) in [4.78, 5) is 13.1. The molecular formula is C24H30N2O5S. The van der Waals surface area contributed by atoms with Gasteiger partial charge in [-0.25, -0.2) is 8.42 Å². The zero-order valence-electron chi connectivity index (χ0n) is 18.3. The third-order valence-corrected chi connectivity index (χ3v) is 7.97. The summed E-state index contributed by atoms with van der Waals surface area (Å²) in [5.41, 5.74) is 1.10. The molecule has 2 aliphatic heterocycles. The molecule has 1 atom stereocenters. The molecule has 0 saturated carbocycles. The highest BCUT2D eigenvalue weighted by molar-refractivity contribution is 7.89. The maximum atomic E-state index is 13.1. The van der Waals surface area contributed by atoms with Crippen LogP contribution in [0.3, 0.4) is 0 Å². The van der Waals surface area contributed by atoms with Gasteiger partial charge in [0.15, 0.2) is 11.5 Å². The Morgan fingerprint density at radius 3 is 2.44 bits per heavy atom. The number of carbonyl (C=O) groups is 1. The average Bonchev–Trinajstić information content (AvgIpc) is 2.84. The van der Waals surface area contributed by atoms with Gasteiger partial charge in [0, 0.05) is 25.1 Å². The van der Waals surface area contributed by atoms with Crippen molar-refractivity contribution in [2.24, 2.45) is 5.92 Å². The Hall–Kier alpha value is -2.58. The molecule has 0 unspecified atom stereocenters. The van der Waals surface area contributed by atoms with Gasteiger partial charge in [-0.3, -0.25) is 4.79 Å². The number of piperidine rings is 1. The zero-order valence-corrected chi connectivity index (χ0v) is 19.1. The first-order chi connectivity index (χ1) is 15.5. The molecule has 0 bridgehead atoms. The van der Waals surface area contributed by atoms with Crippen molar-refractivity contribution in [2.75, 3.05) is 26.3 Å². The number of sulfonamides is 1. The molecule has 2 aliphatic rings. The van der Waals surface area contributed by atoms with Gasteiger partial charge in [-0.2, -0.15) is 4.31 Å². The number of nitrogens with one attached hydrogen (secondary N) is 1. The van der Waals surface area contributed by atoms with Crippen molar-refractivity contribution in [2.45, 2.75) is 43.5 Å². The molecule has 2 aromatic carbocycles. The first-order valence-corrected chi connectivity index (χ1v) is 12.7. The predicted octanol–water partition coefficient (Wildman–Crippen LogP) is 3.52. The minimum Gasteiger partial charge on any atom is -0.486 e. The van der Waals surface area contributed by atoms with Crippen molar-refractivity contribution in [3.8, 4) is 11.5 Å². The van der Waals surface area contributed by atoms with E-state index in [-0.39, 0.29) is 22.8 Å². The first kappa shape index (κ1) is 22.6. The van der Waals surface area contributed by atoms with Crippen LogP contribution in [0.2, 0.25) is 0 Å². The molecule has 0 aromatic heterocycles. The van der Waals surface area contributed by atoms with E-state index in [0.29, 0.717) is 50.6 Å². The molecule has 2 heterocycles. The molecule has 0 spiro atoms. The Bertz CT molecular complexity index is 1030. The van der Waals surface area contributed by atoms with Gasteiger partial charge in [0.25, 0.3) is 0 Å². The summed E-state index contributed by atoms with van der Waals surface area (Å²) in [6.45, 7) is 3.59. The number of rotatable bonds is 7. The van der Waals surface area contributed by atoms with Gasteiger partial charge in [0.05, 0.1) is 10.9 Å². The van der Waals surface area contributed by atoms with Gasteiger partial charge in [0.2, 0.25) is 15.9 Å². The smallest absolute Gasteiger partial charge is 0.243 e. The quantitative estimate of drug-likeness (QED) is 0.686. The number of hydrogen-bond acceptors (Lipinski definition) is 5. The van der Waals surface area contributed by atoms with Crippen LogP contribution < -0.4 is 14.8 Å². The number of fused-ring (bicyclic) bond motifs is 1. The second-order valence-electron chi connectivity index (χ2n) is 8.24. The lowest BCUT2D eigenvalue weighted by Gasteiger charge is -2.32. The fourth-order valence-electron chi connectivity index (χ4n) is 4.28. The van der Waals surface area contributed by atoms with Crippen LogP contribution in [-0.4, -0.2) is 44.9 Å². The normalized spacial score (nSPS) is 18.2. The van der Waals surface area contributed by atoms with Crippen LogP contribution in [0.4, 0.5) is 0 Å². The van der Waals surface area contributed by atoms with E-state index in [1.165, 1.54) is 10.4 Å². The molecule has 1 N–H and O–H groups in total. The molecule has 172 valence electrons. The van der Waals surface area contributed by atoms with Crippen molar-refractivity contribution in [3.05, 3.63) is 54.1 Å². The highest BCUT2D eigenvalue weighted by atomic mass is 32.2. The molecule has 2 aromatic rings. The molecule has 8 heteroatoms. The number of amides is 1. The van der Waals surface area contributed by atoms with Crippen molar-refractivity contribution < 1.29 is 22.7 Å². The summed E-state index contributed by atoms with van der Waals surface area (Å²) < 4.78 is 38.7. The molecule has 7 nitrogen and oxygen atoms in total. The predicted molar refractivity (Wildman–Crippen MR) is 121 cm³/mol. The van der Waals surface area contributed by atoms with E-state index in [9.17, 15) is 13.2 Å². The highest BCUT2D eigenvalue weighted by Crippen LogP contribution is 2.34. The first-order valence-electron chi connectivity index (χ1n) is 11.2. The maximum Gasteiger partial charge on any atom is 0.243 e. The molecule has 0 radical (unpaired) electrons. The third-order valence-electron chi connectivity index (χ3n) is 6.07. The Labute approximate surface area is 189 Å². The van der Waals surface area contributed by atoms with E-state index in [1.807, 2.05) is 30.3 Å². The Balaban J connectivity index is 1.38. The number of hydrogen-bond donors (Lipinski definition) is 1. The summed E-state index contributed by atoms with van der Waals surface area (Å²) in [6.07, 6.45) is 2.84. The lowest BCUT2D eigenvalue weighted by atomic mass is 9.95. The SMILES string of the molecule is CCC[C@@H](NC(=O)C1CCN(S(=O)(=O)c2ccc3c(c2)OCCO3)CC1)c1ccccc1. The van der Waals surface area contributed by atoms with Crippen molar-refractivity contribution in [1.82, 2.24) is 9.62 Å². The number of nitrogens with zero attached hydrogens (tertiary/aromatic N) is 1. The van der Waals surface area contributed by atoms with Crippen LogP contribution in [-0.2, 0) is 14.8 Å². The van der Waals surface area contributed by atoms with E-state index in [0.717, 1.165) is 18.4 Å². The monoisotopic (exact) mass is 458 g/mol. The number of carbonyl (C=O) groups excluding carboxylic acids is 1. The summed E-state index contributed by atoms with van der Waals surface area (Å²) in [7, 11) is -3.65. The summed E-state index contributed by atoms with van der Waals surface area (Å²) in [5, 5.41) is 3.19. The second kappa shape index (κ2) is 9.92. The van der Waals surface area contributed by atoms with Gasteiger partial charge in [0.1, 0.15) is 13.2 Å². The van der Waals surface area contributed by atoms with E-state index in [4.69, 9.17) is 9.47 Å².